The van der Waals surface area contributed by atoms with E-state index >= 15 is 0 Å². The molecule has 37 heavy (non-hydrogen) atoms. The summed E-state index contributed by atoms with van der Waals surface area (Å²) in [6.45, 7) is 7.26. The van der Waals surface area contributed by atoms with Crippen LogP contribution in [0.3, 0.4) is 0 Å². The lowest BCUT2D eigenvalue weighted by Crippen LogP contribution is -2.58. The highest BCUT2D eigenvalue weighted by molar-refractivity contribution is 5.94. The standard InChI is InChI=1S/C27H35FN6O3/c1-4-37-26(36)34-17-27(18-34)8-7-21(14-27)32-9-11-33(12-10-32)24-22(13-20(28)16-30-24)23-6-5-19(15-29-23)25(35)31(2)3/h5-6,13,15-16,21H,4,7-12,14,17-18H2,1-3H3/t21-/m1/s1. The molecule has 1 spiro atoms. The normalized spacial score (nSPS) is 21.1. The Kier molecular flexibility index (Phi) is 7.02. The van der Waals surface area contributed by atoms with E-state index in [2.05, 4.69) is 19.8 Å². The summed E-state index contributed by atoms with van der Waals surface area (Å²) in [6.07, 6.45) is 6.01. The van der Waals surface area contributed by atoms with Crippen LogP contribution in [0.15, 0.2) is 30.6 Å². The first-order valence-corrected chi connectivity index (χ1v) is 13.0. The highest BCUT2D eigenvalue weighted by atomic mass is 19.1. The third-order valence-electron chi connectivity index (χ3n) is 7.91. The highest BCUT2D eigenvalue weighted by Gasteiger charge is 2.51. The molecule has 0 unspecified atom stereocenters. The van der Waals surface area contributed by atoms with E-state index in [4.69, 9.17) is 4.74 Å². The second-order valence-electron chi connectivity index (χ2n) is 10.6. The van der Waals surface area contributed by atoms with Crippen molar-refractivity contribution in [1.82, 2.24) is 24.7 Å². The topological polar surface area (TPSA) is 82.1 Å². The minimum Gasteiger partial charge on any atom is -0.450 e. The van der Waals surface area contributed by atoms with Crippen LogP contribution in [0.2, 0.25) is 0 Å². The molecule has 5 rings (SSSR count). The molecule has 198 valence electrons. The van der Waals surface area contributed by atoms with Gasteiger partial charge in [0.1, 0.15) is 11.6 Å². The number of hydrogen-bond acceptors (Lipinski definition) is 7. The molecule has 0 N–H and O–H groups in total. The summed E-state index contributed by atoms with van der Waals surface area (Å²) in [5, 5.41) is 0. The number of halogens is 1. The maximum Gasteiger partial charge on any atom is 0.409 e. The first-order valence-electron chi connectivity index (χ1n) is 13.0. The average Bonchev–Trinajstić information content (AvgIpc) is 3.34. The molecule has 2 aromatic heterocycles. The van der Waals surface area contributed by atoms with Gasteiger partial charge in [0, 0.05) is 76.6 Å². The molecule has 3 aliphatic rings. The zero-order valence-corrected chi connectivity index (χ0v) is 21.8. The molecule has 2 aromatic rings. The maximum atomic E-state index is 14.2. The fourth-order valence-corrected chi connectivity index (χ4v) is 5.99. The molecule has 10 heteroatoms. The Morgan fingerprint density at radius 3 is 2.54 bits per heavy atom. The molecule has 0 radical (unpaired) electrons. The Balaban J connectivity index is 1.22. The van der Waals surface area contributed by atoms with Crippen LogP contribution in [0.25, 0.3) is 11.3 Å². The van der Waals surface area contributed by atoms with Crippen LogP contribution in [0.1, 0.15) is 36.5 Å². The second kappa shape index (κ2) is 10.2. The zero-order chi connectivity index (χ0) is 26.2. The number of piperazine rings is 1. The third-order valence-corrected chi connectivity index (χ3v) is 7.91. The number of aromatic nitrogens is 2. The van der Waals surface area contributed by atoms with Crippen molar-refractivity contribution in [2.24, 2.45) is 5.41 Å². The summed E-state index contributed by atoms with van der Waals surface area (Å²) >= 11 is 0. The maximum absolute atomic E-state index is 14.2. The number of hydrogen-bond donors (Lipinski definition) is 0. The van der Waals surface area contributed by atoms with Crippen LogP contribution in [-0.2, 0) is 4.74 Å². The first kappa shape index (κ1) is 25.4. The van der Waals surface area contributed by atoms with Crippen LogP contribution in [-0.4, -0.2) is 103 Å². The van der Waals surface area contributed by atoms with Crippen LogP contribution in [0.5, 0.6) is 0 Å². The Labute approximate surface area is 217 Å². The first-order chi connectivity index (χ1) is 17.8. The molecule has 4 heterocycles. The van der Waals surface area contributed by atoms with E-state index in [0.29, 0.717) is 35.3 Å². The SMILES string of the molecule is CCOC(=O)N1CC2(CC[C@@H](N3CCN(c4ncc(F)cc4-c4ccc(C(=O)N(C)C)cn4)CC3)C2)C1. The van der Waals surface area contributed by atoms with E-state index in [0.717, 1.165) is 58.5 Å². The minimum absolute atomic E-state index is 0.128. The smallest absolute Gasteiger partial charge is 0.409 e. The lowest BCUT2D eigenvalue weighted by molar-refractivity contribution is -0.00294. The van der Waals surface area contributed by atoms with Crippen LogP contribution in [0.4, 0.5) is 15.0 Å². The van der Waals surface area contributed by atoms with Gasteiger partial charge in [-0.25, -0.2) is 14.2 Å². The Morgan fingerprint density at radius 1 is 1.14 bits per heavy atom. The molecule has 3 fully saturated rings. The van der Waals surface area contributed by atoms with Crippen molar-refractivity contribution >= 4 is 17.8 Å². The predicted octanol–water partition coefficient (Wildman–Crippen LogP) is 3.12. The second-order valence-corrected chi connectivity index (χ2v) is 10.6. The molecule has 2 amide bonds. The van der Waals surface area contributed by atoms with Gasteiger partial charge < -0.3 is 19.4 Å². The summed E-state index contributed by atoms with van der Waals surface area (Å²) in [7, 11) is 3.39. The molecule has 2 aliphatic heterocycles. The van der Waals surface area contributed by atoms with Crippen molar-refractivity contribution in [1.29, 1.82) is 0 Å². The number of ether oxygens (including phenoxy) is 1. The van der Waals surface area contributed by atoms with Gasteiger partial charge in [0.15, 0.2) is 0 Å². The highest BCUT2D eigenvalue weighted by Crippen LogP contribution is 2.47. The molecule has 2 saturated heterocycles. The summed E-state index contributed by atoms with van der Waals surface area (Å²) in [5.41, 5.74) is 1.95. The number of carbonyl (C=O) groups is 2. The summed E-state index contributed by atoms with van der Waals surface area (Å²) in [4.78, 5) is 41.2. The molecule has 9 nitrogen and oxygen atoms in total. The van der Waals surface area contributed by atoms with Gasteiger partial charge in [0.05, 0.1) is 24.1 Å². The average molecular weight is 511 g/mol. The van der Waals surface area contributed by atoms with E-state index < -0.39 is 5.82 Å². The Bertz CT molecular complexity index is 1140. The fourth-order valence-electron chi connectivity index (χ4n) is 5.99. The van der Waals surface area contributed by atoms with Crippen molar-refractivity contribution in [3.05, 3.63) is 42.0 Å². The number of amides is 2. The molecule has 1 aliphatic carbocycles. The Hall–Kier alpha value is -3.27. The quantitative estimate of drug-likeness (QED) is 0.611. The van der Waals surface area contributed by atoms with Gasteiger partial charge in [-0.1, -0.05) is 0 Å². The number of carbonyl (C=O) groups excluding carboxylic acids is 2. The number of rotatable bonds is 5. The van der Waals surface area contributed by atoms with Crippen LogP contribution in [0, 0.1) is 11.2 Å². The van der Waals surface area contributed by atoms with E-state index in [1.807, 2.05) is 11.8 Å². The lowest BCUT2D eigenvalue weighted by atomic mass is 9.78. The summed E-state index contributed by atoms with van der Waals surface area (Å²) in [5.74, 6) is 0.172. The van der Waals surface area contributed by atoms with Crippen molar-refractivity contribution in [3.8, 4) is 11.3 Å². The van der Waals surface area contributed by atoms with Gasteiger partial charge in [-0.15, -0.1) is 0 Å². The van der Waals surface area contributed by atoms with Gasteiger partial charge >= 0.3 is 6.09 Å². The van der Waals surface area contributed by atoms with Gasteiger partial charge in [-0.3, -0.25) is 14.7 Å². The van der Waals surface area contributed by atoms with Crippen molar-refractivity contribution in [2.75, 3.05) is 64.9 Å². The molecule has 0 bridgehead atoms. The van der Waals surface area contributed by atoms with Gasteiger partial charge in [-0.05, 0) is 44.4 Å². The molecular formula is C27H35FN6O3. The molecule has 0 aromatic carbocycles. The summed E-state index contributed by atoms with van der Waals surface area (Å²) < 4.78 is 19.3. The number of pyridine rings is 2. The van der Waals surface area contributed by atoms with Crippen LogP contribution >= 0.6 is 0 Å². The fraction of sp³-hybridized carbons (Fsp3) is 0.556. The van der Waals surface area contributed by atoms with Crippen molar-refractivity contribution in [3.63, 3.8) is 0 Å². The van der Waals surface area contributed by atoms with Crippen molar-refractivity contribution < 1.29 is 18.7 Å². The number of anilines is 1. The number of likely N-dealkylation sites (tertiary alicyclic amines) is 1. The third kappa shape index (κ3) is 5.12. The van der Waals surface area contributed by atoms with E-state index in [9.17, 15) is 14.0 Å². The van der Waals surface area contributed by atoms with Gasteiger partial charge in [0.25, 0.3) is 5.91 Å². The van der Waals surface area contributed by atoms with Gasteiger partial charge in [-0.2, -0.15) is 0 Å². The van der Waals surface area contributed by atoms with E-state index in [-0.39, 0.29) is 17.4 Å². The monoisotopic (exact) mass is 510 g/mol. The largest absolute Gasteiger partial charge is 0.450 e. The van der Waals surface area contributed by atoms with Crippen molar-refractivity contribution in [2.45, 2.75) is 32.2 Å². The zero-order valence-electron chi connectivity index (χ0n) is 21.8. The molecule has 1 saturated carbocycles. The van der Waals surface area contributed by atoms with E-state index in [1.165, 1.54) is 23.4 Å². The van der Waals surface area contributed by atoms with Crippen LogP contribution < -0.4 is 4.90 Å². The molecular weight excluding hydrogens is 475 g/mol. The Morgan fingerprint density at radius 2 is 1.89 bits per heavy atom. The predicted molar refractivity (Wildman–Crippen MR) is 138 cm³/mol. The molecule has 1 atom stereocenters. The van der Waals surface area contributed by atoms with E-state index in [1.54, 1.807) is 26.2 Å². The number of nitrogens with zero attached hydrogens (tertiary/aromatic N) is 6. The summed E-state index contributed by atoms with van der Waals surface area (Å²) in [6, 6.07) is 5.47. The van der Waals surface area contributed by atoms with Gasteiger partial charge in [0.2, 0.25) is 0 Å². The minimum atomic E-state index is -0.416. The lowest BCUT2D eigenvalue weighted by Gasteiger charge is -2.48.